The van der Waals surface area contributed by atoms with Crippen LogP contribution in [0, 0.1) is 52.3 Å². The molecule has 0 aliphatic heterocycles. The summed E-state index contributed by atoms with van der Waals surface area (Å²) in [7, 11) is 0.889. The molecule has 0 N–H and O–H groups in total. The molecular formula is C52H84O4SSi. The second kappa shape index (κ2) is 19.5. The van der Waals surface area contributed by atoms with E-state index in [1.165, 1.54) is 87.4 Å². The number of hydrogen-bond donors (Lipinski definition) is 0. The molecule has 4 aliphatic rings. The van der Waals surface area contributed by atoms with Crippen LogP contribution in [0.4, 0.5) is 0 Å². The average Bonchev–Trinajstić information content (AvgIpc) is 3.56. The Balaban J connectivity index is 1.10. The molecule has 4 fully saturated rings. The van der Waals surface area contributed by atoms with Crippen molar-refractivity contribution in [2.75, 3.05) is 20.5 Å². The van der Waals surface area contributed by atoms with E-state index in [4.69, 9.17) is 18.6 Å². The van der Waals surface area contributed by atoms with Crippen molar-refractivity contribution >= 4 is 30.5 Å². The monoisotopic (exact) mass is 833 g/mol. The van der Waals surface area contributed by atoms with Crippen LogP contribution in [-0.2, 0) is 18.6 Å². The SMILES string of the molecule is COC([C@@H](C)O[Si](c1ccccc1)(c1ccccc1)C(C)(C)C)[C@@H](CC(O[C@H]1CC[C@@]2(C)[C@@H](CC[C@@H]3[C@@H]2CC[C@]2(C)[C@@H]([C@@H](C)CCCC(C)C)CC[C@@H]32)C1)SC)OC. The zero-order valence-electron chi connectivity index (χ0n) is 38.9. The van der Waals surface area contributed by atoms with Crippen molar-refractivity contribution in [2.24, 2.45) is 52.3 Å². The van der Waals surface area contributed by atoms with E-state index in [1.54, 1.807) is 0 Å². The minimum atomic E-state index is -2.77. The van der Waals surface area contributed by atoms with E-state index in [2.05, 4.69) is 129 Å². The summed E-state index contributed by atoms with van der Waals surface area (Å²) in [6.45, 7) is 22.1. The van der Waals surface area contributed by atoms with Gasteiger partial charge in [0.1, 0.15) is 11.5 Å². The normalized spacial score (nSPS) is 32.8. The first-order valence-electron chi connectivity index (χ1n) is 23.7. The van der Waals surface area contributed by atoms with Crippen LogP contribution in [0.1, 0.15) is 146 Å². The van der Waals surface area contributed by atoms with Crippen LogP contribution in [0.2, 0.25) is 5.04 Å². The summed E-state index contributed by atoms with van der Waals surface area (Å²) in [6.07, 6.45) is 19.4. The molecule has 0 spiro atoms. The zero-order chi connectivity index (χ0) is 41.9. The molecule has 2 unspecified atom stereocenters. The number of benzene rings is 2. The van der Waals surface area contributed by atoms with Gasteiger partial charge in [-0.1, -0.05) is 135 Å². The lowest BCUT2D eigenvalue weighted by Gasteiger charge is -2.61. The zero-order valence-corrected chi connectivity index (χ0v) is 40.8. The Morgan fingerprint density at radius 2 is 1.38 bits per heavy atom. The summed E-state index contributed by atoms with van der Waals surface area (Å²) < 4.78 is 27.4. The first-order valence-corrected chi connectivity index (χ1v) is 26.8. The topological polar surface area (TPSA) is 36.9 Å². The van der Waals surface area contributed by atoms with Crippen molar-refractivity contribution in [2.45, 2.75) is 181 Å². The Bertz CT molecular complexity index is 1510. The average molecular weight is 833 g/mol. The van der Waals surface area contributed by atoms with Crippen LogP contribution in [0.15, 0.2) is 60.7 Å². The van der Waals surface area contributed by atoms with E-state index in [1.807, 2.05) is 26.0 Å². The Labute approximate surface area is 361 Å². The van der Waals surface area contributed by atoms with Crippen LogP contribution in [0.3, 0.4) is 0 Å². The van der Waals surface area contributed by atoms with Crippen LogP contribution >= 0.6 is 11.8 Å². The van der Waals surface area contributed by atoms with Crippen molar-refractivity contribution in [3.05, 3.63) is 60.7 Å². The highest BCUT2D eigenvalue weighted by atomic mass is 32.2. The van der Waals surface area contributed by atoms with Crippen LogP contribution in [0.5, 0.6) is 0 Å². The predicted octanol–water partition coefficient (Wildman–Crippen LogP) is 12.6. The van der Waals surface area contributed by atoms with E-state index in [0.717, 1.165) is 47.8 Å². The molecule has 0 heterocycles. The maximum Gasteiger partial charge on any atom is 0.261 e. The van der Waals surface area contributed by atoms with Gasteiger partial charge in [-0.2, -0.15) is 0 Å². The minimum Gasteiger partial charge on any atom is -0.402 e. The van der Waals surface area contributed by atoms with Crippen LogP contribution < -0.4 is 10.4 Å². The molecule has 0 amide bonds. The lowest BCUT2D eigenvalue weighted by Crippen LogP contribution is -2.68. The Morgan fingerprint density at radius 3 is 1.95 bits per heavy atom. The molecule has 0 bridgehead atoms. The Morgan fingerprint density at radius 1 is 0.759 bits per heavy atom. The van der Waals surface area contributed by atoms with Gasteiger partial charge in [0.2, 0.25) is 0 Å². The van der Waals surface area contributed by atoms with E-state index >= 15 is 0 Å². The molecule has 6 rings (SSSR count). The molecule has 326 valence electrons. The second-order valence-corrected chi connectivity index (χ2v) is 26.8. The standard InChI is InChI=1S/C52H84O4SSi/c1-36(2)20-19-21-37(3)44-28-29-45-43-27-26-39-34-40(30-32-51(39,8)46(43)31-33-52(44,45)9)55-48(57-12)35-47(53-10)49(54-11)38(4)56-58(50(5,6)7,41-22-15-13-16-23-41)42-24-17-14-18-25-42/h13-18,22-25,36-40,43-49H,19-21,26-35H2,1-12H3/t37-,38+,39-,40-,43-,44+,45-,46-,47+,48?,49?,51-,52+/m0/s1. The lowest BCUT2D eigenvalue weighted by molar-refractivity contribution is -0.144. The summed E-state index contributed by atoms with van der Waals surface area (Å²) in [5.74, 6) is 6.20. The molecule has 2 aromatic carbocycles. The fourth-order valence-electron chi connectivity index (χ4n) is 14.0. The number of thioether (sulfide) groups is 1. The fourth-order valence-corrected chi connectivity index (χ4v) is 19.4. The molecule has 0 radical (unpaired) electrons. The highest BCUT2D eigenvalue weighted by molar-refractivity contribution is 7.99. The predicted molar refractivity (Wildman–Crippen MR) is 250 cm³/mol. The van der Waals surface area contributed by atoms with E-state index in [0.29, 0.717) is 16.9 Å². The highest BCUT2D eigenvalue weighted by Crippen LogP contribution is 2.68. The van der Waals surface area contributed by atoms with E-state index < -0.39 is 8.32 Å². The van der Waals surface area contributed by atoms with Gasteiger partial charge in [-0.25, -0.2) is 0 Å². The van der Waals surface area contributed by atoms with Gasteiger partial charge in [0, 0.05) is 20.6 Å². The molecule has 13 atom stereocenters. The Hall–Kier alpha value is -1.15. The van der Waals surface area contributed by atoms with Crippen molar-refractivity contribution in [3.63, 3.8) is 0 Å². The smallest absolute Gasteiger partial charge is 0.261 e. The second-order valence-electron chi connectivity index (χ2n) is 21.6. The van der Waals surface area contributed by atoms with E-state index in [9.17, 15) is 0 Å². The van der Waals surface area contributed by atoms with Crippen molar-refractivity contribution in [3.8, 4) is 0 Å². The van der Waals surface area contributed by atoms with Gasteiger partial charge in [-0.3, -0.25) is 0 Å². The molecule has 2 aromatic rings. The van der Waals surface area contributed by atoms with Gasteiger partial charge in [0.05, 0.1) is 18.3 Å². The molecule has 58 heavy (non-hydrogen) atoms. The molecule has 4 aliphatic carbocycles. The van der Waals surface area contributed by atoms with Gasteiger partial charge in [-0.15, -0.1) is 11.8 Å². The Kier molecular flexibility index (Phi) is 15.6. The molecule has 4 saturated carbocycles. The third kappa shape index (κ3) is 9.29. The van der Waals surface area contributed by atoms with Gasteiger partial charge in [0.15, 0.2) is 0 Å². The number of ether oxygens (including phenoxy) is 3. The maximum absolute atomic E-state index is 7.55. The molecular weight excluding hydrogens is 749 g/mol. The lowest BCUT2D eigenvalue weighted by atomic mass is 9.44. The van der Waals surface area contributed by atoms with Gasteiger partial charge in [-0.05, 0) is 139 Å². The fraction of sp³-hybridized carbons (Fsp3) is 0.769. The van der Waals surface area contributed by atoms with Crippen LogP contribution in [0.25, 0.3) is 0 Å². The first kappa shape index (κ1) is 46.4. The van der Waals surface area contributed by atoms with Crippen LogP contribution in [-0.4, -0.2) is 58.6 Å². The maximum atomic E-state index is 7.55. The number of methoxy groups -OCH3 is 2. The quantitative estimate of drug-likeness (QED) is 0.110. The highest BCUT2D eigenvalue weighted by Gasteiger charge is 2.61. The molecule has 0 aromatic heterocycles. The first-order chi connectivity index (χ1) is 27.6. The van der Waals surface area contributed by atoms with Gasteiger partial charge < -0.3 is 18.6 Å². The summed E-state index contributed by atoms with van der Waals surface area (Å²) in [5, 5.41) is 2.45. The summed E-state index contributed by atoms with van der Waals surface area (Å²) >= 11 is 1.83. The molecule has 6 heteroatoms. The van der Waals surface area contributed by atoms with Crippen molar-refractivity contribution in [1.82, 2.24) is 0 Å². The largest absolute Gasteiger partial charge is 0.402 e. The third-order valence-electron chi connectivity index (χ3n) is 17.0. The number of fused-ring (bicyclic) bond motifs is 5. The number of hydrogen-bond acceptors (Lipinski definition) is 5. The van der Waals surface area contributed by atoms with Gasteiger partial charge >= 0.3 is 0 Å². The van der Waals surface area contributed by atoms with Gasteiger partial charge in [0.25, 0.3) is 8.32 Å². The van der Waals surface area contributed by atoms with E-state index in [-0.39, 0.29) is 28.8 Å². The minimum absolute atomic E-state index is 0.0432. The van der Waals surface area contributed by atoms with Crippen molar-refractivity contribution in [1.29, 1.82) is 0 Å². The third-order valence-corrected chi connectivity index (χ3v) is 23.0. The summed E-state index contributed by atoms with van der Waals surface area (Å²) in [4.78, 5) is 0. The van der Waals surface area contributed by atoms with Crippen molar-refractivity contribution < 1.29 is 18.6 Å². The molecule has 4 nitrogen and oxygen atoms in total. The summed E-state index contributed by atoms with van der Waals surface area (Å²) in [5.41, 5.74) is 1.07. The number of rotatable bonds is 18. The summed E-state index contributed by atoms with van der Waals surface area (Å²) in [6, 6.07) is 21.9. The molecule has 0 saturated heterocycles.